The molecule has 1 N–H and O–H groups in total. The van der Waals surface area contributed by atoms with E-state index in [9.17, 15) is 9.59 Å². The molecule has 0 aliphatic carbocycles. The monoisotopic (exact) mass is 287 g/mol. The average Bonchev–Trinajstić information content (AvgIpc) is 2.25. The SMILES string of the molecule is CC(C)(C)C(=O)NCc1c(Cl)cccc1C(=O)Cl. The van der Waals surface area contributed by atoms with Crippen molar-refractivity contribution in [2.24, 2.45) is 5.41 Å². The van der Waals surface area contributed by atoms with E-state index in [2.05, 4.69) is 5.32 Å². The summed E-state index contributed by atoms with van der Waals surface area (Å²) in [5, 5.41) is 2.57. The summed E-state index contributed by atoms with van der Waals surface area (Å²) in [6, 6.07) is 4.89. The number of amides is 1. The Labute approximate surface area is 116 Å². The lowest BCUT2D eigenvalue weighted by molar-refractivity contribution is -0.128. The molecule has 3 nitrogen and oxygen atoms in total. The van der Waals surface area contributed by atoms with Gasteiger partial charge in [0.15, 0.2) is 0 Å². The Balaban J connectivity index is 2.92. The molecule has 0 fully saturated rings. The van der Waals surface area contributed by atoms with Gasteiger partial charge in [-0.15, -0.1) is 0 Å². The lowest BCUT2D eigenvalue weighted by atomic mass is 9.95. The molecule has 0 unspecified atom stereocenters. The van der Waals surface area contributed by atoms with E-state index in [0.717, 1.165) is 0 Å². The summed E-state index contributed by atoms with van der Waals surface area (Å²) in [4.78, 5) is 23.0. The van der Waals surface area contributed by atoms with Gasteiger partial charge in [0, 0.05) is 28.1 Å². The van der Waals surface area contributed by atoms with Gasteiger partial charge in [0.25, 0.3) is 5.24 Å². The highest BCUT2D eigenvalue weighted by Gasteiger charge is 2.21. The van der Waals surface area contributed by atoms with Crippen LogP contribution in [-0.4, -0.2) is 11.1 Å². The highest BCUT2D eigenvalue weighted by Crippen LogP contribution is 2.22. The van der Waals surface area contributed by atoms with Crippen molar-refractivity contribution >= 4 is 34.4 Å². The third kappa shape index (κ3) is 3.72. The molecule has 0 atom stereocenters. The van der Waals surface area contributed by atoms with Crippen molar-refractivity contribution in [2.45, 2.75) is 27.3 Å². The number of carbonyl (C=O) groups is 2. The molecule has 1 aromatic rings. The van der Waals surface area contributed by atoms with Crippen LogP contribution in [0.1, 0.15) is 36.7 Å². The molecule has 0 saturated heterocycles. The largest absolute Gasteiger partial charge is 0.351 e. The normalized spacial score (nSPS) is 11.2. The van der Waals surface area contributed by atoms with E-state index in [1.807, 2.05) is 20.8 Å². The summed E-state index contributed by atoms with van der Waals surface area (Å²) in [7, 11) is 0. The first-order chi connectivity index (χ1) is 8.23. The summed E-state index contributed by atoms with van der Waals surface area (Å²) in [6.45, 7) is 5.61. The van der Waals surface area contributed by atoms with Gasteiger partial charge in [-0.25, -0.2) is 0 Å². The number of benzene rings is 1. The van der Waals surface area contributed by atoms with E-state index >= 15 is 0 Å². The minimum atomic E-state index is -0.586. The van der Waals surface area contributed by atoms with Crippen LogP contribution in [0.15, 0.2) is 18.2 Å². The number of hydrogen-bond acceptors (Lipinski definition) is 2. The van der Waals surface area contributed by atoms with Crippen molar-refractivity contribution in [3.8, 4) is 0 Å². The van der Waals surface area contributed by atoms with Crippen LogP contribution in [0.25, 0.3) is 0 Å². The van der Waals surface area contributed by atoms with Gasteiger partial charge in [0.2, 0.25) is 5.91 Å². The zero-order valence-corrected chi connectivity index (χ0v) is 12.0. The van der Waals surface area contributed by atoms with Crippen molar-refractivity contribution in [3.63, 3.8) is 0 Å². The van der Waals surface area contributed by atoms with Gasteiger partial charge < -0.3 is 5.32 Å². The van der Waals surface area contributed by atoms with Crippen molar-refractivity contribution in [1.29, 1.82) is 0 Å². The molecule has 0 aromatic heterocycles. The maximum atomic E-state index is 11.8. The Morgan fingerprint density at radius 2 is 1.89 bits per heavy atom. The molecule has 0 saturated carbocycles. The van der Waals surface area contributed by atoms with Crippen LogP contribution in [0.2, 0.25) is 5.02 Å². The Hall–Kier alpha value is -1.06. The van der Waals surface area contributed by atoms with Crippen LogP contribution in [0.3, 0.4) is 0 Å². The molecule has 1 rings (SSSR count). The maximum Gasteiger partial charge on any atom is 0.252 e. The van der Waals surface area contributed by atoms with Gasteiger partial charge in [0.1, 0.15) is 0 Å². The molecule has 0 aliphatic heterocycles. The smallest absolute Gasteiger partial charge is 0.252 e. The Bertz CT molecular complexity index is 478. The summed E-state index contributed by atoms with van der Waals surface area (Å²) in [6.07, 6.45) is 0. The first kappa shape index (κ1) is 15.0. The zero-order valence-electron chi connectivity index (χ0n) is 10.5. The second kappa shape index (κ2) is 5.72. The molecule has 0 heterocycles. The molecular formula is C13H15Cl2NO2. The number of rotatable bonds is 3. The van der Waals surface area contributed by atoms with Crippen LogP contribution >= 0.6 is 23.2 Å². The van der Waals surface area contributed by atoms with Gasteiger partial charge in [-0.3, -0.25) is 9.59 Å². The second-order valence-electron chi connectivity index (χ2n) is 4.97. The molecule has 18 heavy (non-hydrogen) atoms. The summed E-state index contributed by atoms with van der Waals surface area (Å²) < 4.78 is 0. The summed E-state index contributed by atoms with van der Waals surface area (Å²) in [5.41, 5.74) is 0.363. The molecule has 0 aliphatic rings. The number of nitrogens with one attached hydrogen (secondary N) is 1. The molecular weight excluding hydrogens is 273 g/mol. The standard InChI is InChI=1S/C13H15Cl2NO2/c1-13(2,3)12(18)16-7-9-8(11(15)17)5-4-6-10(9)14/h4-6H,7H2,1-3H3,(H,16,18). The molecule has 0 spiro atoms. The van der Waals surface area contributed by atoms with E-state index in [0.29, 0.717) is 16.1 Å². The predicted octanol–water partition coefficient (Wildman–Crippen LogP) is 3.38. The van der Waals surface area contributed by atoms with Crippen LogP contribution < -0.4 is 5.32 Å². The van der Waals surface area contributed by atoms with Crippen LogP contribution in [-0.2, 0) is 11.3 Å². The molecule has 0 bridgehead atoms. The Kier molecular flexibility index (Phi) is 4.77. The molecule has 5 heteroatoms. The Morgan fingerprint density at radius 3 is 2.39 bits per heavy atom. The molecule has 1 amide bonds. The van der Waals surface area contributed by atoms with Gasteiger partial charge >= 0.3 is 0 Å². The van der Waals surface area contributed by atoms with E-state index in [-0.39, 0.29) is 12.5 Å². The first-order valence-corrected chi connectivity index (χ1v) is 6.24. The van der Waals surface area contributed by atoms with Crippen LogP contribution in [0.4, 0.5) is 0 Å². The van der Waals surface area contributed by atoms with E-state index in [4.69, 9.17) is 23.2 Å². The third-order valence-corrected chi connectivity index (χ3v) is 3.00. The minimum Gasteiger partial charge on any atom is -0.351 e. The summed E-state index contributed by atoms with van der Waals surface area (Å²) >= 11 is 11.5. The van der Waals surface area contributed by atoms with E-state index < -0.39 is 10.7 Å². The van der Waals surface area contributed by atoms with Crippen molar-refractivity contribution in [2.75, 3.05) is 0 Å². The van der Waals surface area contributed by atoms with Crippen LogP contribution in [0.5, 0.6) is 0 Å². The van der Waals surface area contributed by atoms with Crippen LogP contribution in [0, 0.1) is 5.41 Å². The van der Waals surface area contributed by atoms with Gasteiger partial charge in [-0.2, -0.15) is 0 Å². The maximum absolute atomic E-state index is 11.8. The fourth-order valence-corrected chi connectivity index (χ4v) is 1.77. The zero-order chi connectivity index (χ0) is 13.9. The molecule has 98 valence electrons. The van der Waals surface area contributed by atoms with Crippen molar-refractivity contribution in [1.82, 2.24) is 5.32 Å². The number of halogens is 2. The van der Waals surface area contributed by atoms with E-state index in [1.54, 1.807) is 18.2 Å². The van der Waals surface area contributed by atoms with E-state index in [1.165, 1.54) is 0 Å². The molecule has 0 radical (unpaired) electrons. The second-order valence-corrected chi connectivity index (χ2v) is 5.72. The number of carbonyl (C=O) groups excluding carboxylic acids is 2. The first-order valence-electron chi connectivity index (χ1n) is 5.49. The third-order valence-electron chi connectivity index (χ3n) is 2.44. The van der Waals surface area contributed by atoms with Crippen molar-refractivity contribution < 1.29 is 9.59 Å². The topological polar surface area (TPSA) is 46.2 Å². The van der Waals surface area contributed by atoms with Gasteiger partial charge in [0.05, 0.1) is 0 Å². The van der Waals surface area contributed by atoms with Gasteiger partial charge in [-0.05, 0) is 23.7 Å². The fourth-order valence-electron chi connectivity index (χ4n) is 1.36. The summed E-state index contributed by atoms with van der Waals surface area (Å²) in [5.74, 6) is -0.115. The predicted molar refractivity (Wildman–Crippen MR) is 72.9 cm³/mol. The fraction of sp³-hybridized carbons (Fsp3) is 0.385. The highest BCUT2D eigenvalue weighted by atomic mass is 35.5. The number of hydrogen-bond donors (Lipinski definition) is 1. The highest BCUT2D eigenvalue weighted by molar-refractivity contribution is 6.68. The van der Waals surface area contributed by atoms with Crippen molar-refractivity contribution in [3.05, 3.63) is 34.3 Å². The molecule has 1 aromatic carbocycles. The lowest BCUT2D eigenvalue weighted by Gasteiger charge is -2.18. The average molecular weight is 288 g/mol. The lowest BCUT2D eigenvalue weighted by Crippen LogP contribution is -2.34. The van der Waals surface area contributed by atoms with Gasteiger partial charge in [-0.1, -0.05) is 38.4 Å². The Morgan fingerprint density at radius 1 is 1.28 bits per heavy atom. The minimum absolute atomic E-state index is 0.115. The quantitative estimate of drug-likeness (QED) is 0.867.